The summed E-state index contributed by atoms with van der Waals surface area (Å²) >= 11 is 0. The molecular formula is C23H33Cl2N5O. The lowest BCUT2D eigenvalue weighted by atomic mass is 9.87. The summed E-state index contributed by atoms with van der Waals surface area (Å²) in [6.45, 7) is 10.8. The summed E-state index contributed by atoms with van der Waals surface area (Å²) in [5.41, 5.74) is 5.09. The molecule has 2 fully saturated rings. The van der Waals surface area contributed by atoms with Crippen LogP contribution < -0.4 is 5.32 Å². The van der Waals surface area contributed by atoms with Crippen LogP contribution in [-0.4, -0.2) is 51.7 Å². The van der Waals surface area contributed by atoms with E-state index in [4.69, 9.17) is 5.10 Å². The van der Waals surface area contributed by atoms with E-state index in [1.807, 2.05) is 0 Å². The Labute approximate surface area is 197 Å². The summed E-state index contributed by atoms with van der Waals surface area (Å²) in [6, 6.07) is 11.0. The number of hydrogen-bond acceptors (Lipinski definition) is 4. The topological polar surface area (TPSA) is 53.4 Å². The molecule has 0 radical (unpaired) electrons. The highest BCUT2D eigenvalue weighted by Crippen LogP contribution is 2.46. The van der Waals surface area contributed by atoms with Gasteiger partial charge in [-0.15, -0.1) is 24.8 Å². The lowest BCUT2D eigenvalue weighted by molar-refractivity contribution is -0.130. The smallest absolute Gasteiger partial charge is 0.219 e. The van der Waals surface area contributed by atoms with Gasteiger partial charge in [-0.1, -0.05) is 24.3 Å². The average Bonchev–Trinajstić information content (AvgIpc) is 3.31. The van der Waals surface area contributed by atoms with Gasteiger partial charge in [0.15, 0.2) is 0 Å². The van der Waals surface area contributed by atoms with Gasteiger partial charge in [-0.05, 0) is 43.0 Å². The van der Waals surface area contributed by atoms with Crippen molar-refractivity contribution in [1.82, 2.24) is 24.9 Å². The molecule has 3 aliphatic heterocycles. The number of aryl methyl sites for hydroxylation is 2. The van der Waals surface area contributed by atoms with Gasteiger partial charge >= 0.3 is 0 Å². The molecule has 170 valence electrons. The maximum Gasteiger partial charge on any atom is 0.219 e. The number of benzene rings is 1. The van der Waals surface area contributed by atoms with Crippen LogP contribution in [0.3, 0.4) is 0 Å². The summed E-state index contributed by atoms with van der Waals surface area (Å²) in [7, 11) is 0. The number of nitrogens with zero attached hydrogens (tertiary/aromatic N) is 4. The number of rotatable bonds is 3. The van der Waals surface area contributed by atoms with E-state index in [1.165, 1.54) is 22.5 Å². The number of likely N-dealkylation sites (tertiary alicyclic amines) is 2. The molecule has 0 spiro atoms. The minimum absolute atomic E-state index is 0. The predicted octanol–water partition coefficient (Wildman–Crippen LogP) is 3.18. The number of hydrogen-bond donors (Lipinski definition) is 1. The molecule has 31 heavy (non-hydrogen) atoms. The Morgan fingerprint density at radius 1 is 1.19 bits per heavy atom. The van der Waals surface area contributed by atoms with Gasteiger partial charge in [-0.2, -0.15) is 5.10 Å². The Bertz CT molecular complexity index is 894. The fourth-order valence-corrected chi connectivity index (χ4v) is 5.64. The second kappa shape index (κ2) is 9.90. The van der Waals surface area contributed by atoms with Crippen LogP contribution >= 0.6 is 24.8 Å². The van der Waals surface area contributed by atoms with E-state index in [9.17, 15) is 4.79 Å². The first-order valence-corrected chi connectivity index (χ1v) is 10.9. The quantitative estimate of drug-likeness (QED) is 0.755. The van der Waals surface area contributed by atoms with Crippen molar-refractivity contribution in [3.63, 3.8) is 0 Å². The standard InChI is InChI=1S/C23H31N5O.2ClH/c1-16-6-3-4-7-21(16)23-22-15-26(12-18(22)13-27(23)17(2)29)14-19-10-20-11-24-8-5-9-28(20)25-19;;/h3-4,6-7,10,18,22-24H,5,8-9,11-15H2,1-2H3;2*1H/t18-,22-,23+;;/m1../s1. The average molecular weight is 466 g/mol. The molecule has 1 aromatic carbocycles. The molecule has 2 saturated heterocycles. The van der Waals surface area contributed by atoms with Gasteiger partial charge in [-0.3, -0.25) is 14.4 Å². The zero-order chi connectivity index (χ0) is 20.0. The van der Waals surface area contributed by atoms with Gasteiger partial charge < -0.3 is 10.2 Å². The van der Waals surface area contributed by atoms with Gasteiger partial charge in [0, 0.05) is 52.1 Å². The van der Waals surface area contributed by atoms with Crippen molar-refractivity contribution in [3.8, 4) is 0 Å². The molecule has 0 unspecified atom stereocenters. The number of fused-ring (bicyclic) bond motifs is 2. The van der Waals surface area contributed by atoms with Crippen LogP contribution in [-0.2, 0) is 24.4 Å². The molecular weight excluding hydrogens is 433 g/mol. The van der Waals surface area contributed by atoms with Crippen molar-refractivity contribution < 1.29 is 4.79 Å². The van der Waals surface area contributed by atoms with Crippen LogP contribution in [0.4, 0.5) is 0 Å². The fourth-order valence-electron chi connectivity index (χ4n) is 5.64. The van der Waals surface area contributed by atoms with Crippen molar-refractivity contribution >= 4 is 30.7 Å². The van der Waals surface area contributed by atoms with Crippen LogP contribution in [0.15, 0.2) is 30.3 Å². The van der Waals surface area contributed by atoms with E-state index < -0.39 is 0 Å². The largest absolute Gasteiger partial charge is 0.335 e. The van der Waals surface area contributed by atoms with E-state index >= 15 is 0 Å². The maximum absolute atomic E-state index is 12.4. The maximum atomic E-state index is 12.4. The Hall–Kier alpha value is -1.60. The number of nitrogens with one attached hydrogen (secondary N) is 1. The lowest BCUT2D eigenvalue weighted by Crippen LogP contribution is -2.34. The zero-order valence-corrected chi connectivity index (χ0v) is 19.9. The van der Waals surface area contributed by atoms with Gasteiger partial charge in [0.05, 0.1) is 17.4 Å². The van der Waals surface area contributed by atoms with Crippen LogP contribution in [0.5, 0.6) is 0 Å². The summed E-state index contributed by atoms with van der Waals surface area (Å²) < 4.78 is 2.18. The Balaban J connectivity index is 0.00000136. The van der Waals surface area contributed by atoms with Crippen LogP contribution in [0, 0.1) is 18.8 Å². The molecule has 1 amide bonds. The van der Waals surface area contributed by atoms with Gasteiger partial charge in [0.1, 0.15) is 0 Å². The van der Waals surface area contributed by atoms with Crippen LogP contribution in [0.1, 0.15) is 41.9 Å². The van der Waals surface area contributed by atoms with Gasteiger partial charge in [0.2, 0.25) is 5.91 Å². The molecule has 8 heteroatoms. The van der Waals surface area contributed by atoms with Crippen LogP contribution in [0.25, 0.3) is 0 Å². The monoisotopic (exact) mass is 465 g/mol. The van der Waals surface area contributed by atoms with Gasteiger partial charge in [-0.25, -0.2) is 0 Å². The Morgan fingerprint density at radius 2 is 2.00 bits per heavy atom. The predicted molar refractivity (Wildman–Crippen MR) is 127 cm³/mol. The zero-order valence-electron chi connectivity index (χ0n) is 18.3. The van der Waals surface area contributed by atoms with Gasteiger partial charge in [0.25, 0.3) is 0 Å². The summed E-state index contributed by atoms with van der Waals surface area (Å²) in [6.07, 6.45) is 1.14. The molecule has 0 saturated carbocycles. The number of carbonyl (C=O) groups excluding carboxylic acids is 1. The normalized spacial score (nSPS) is 25.2. The van der Waals surface area contributed by atoms with E-state index in [2.05, 4.69) is 57.1 Å². The SMILES string of the molecule is CC(=O)N1C[C@H]2CN(Cc3cc4n(n3)CCCNC4)C[C@H]2[C@@H]1c1ccccc1C.Cl.Cl. The Morgan fingerprint density at radius 3 is 2.77 bits per heavy atom. The van der Waals surface area contributed by atoms with Crippen LogP contribution in [0.2, 0.25) is 0 Å². The van der Waals surface area contributed by atoms with Crippen molar-refractivity contribution in [2.75, 3.05) is 26.2 Å². The molecule has 3 aliphatic rings. The molecule has 0 aliphatic carbocycles. The first-order chi connectivity index (χ1) is 14.1. The minimum atomic E-state index is 0. The summed E-state index contributed by atoms with van der Waals surface area (Å²) in [4.78, 5) is 17.0. The Kier molecular flexibility index (Phi) is 7.68. The third-order valence-electron chi connectivity index (χ3n) is 6.98. The first kappa shape index (κ1) is 24.1. The van der Waals surface area contributed by atoms with E-state index in [-0.39, 0.29) is 36.8 Å². The number of amides is 1. The molecule has 3 atom stereocenters. The highest BCUT2D eigenvalue weighted by Gasteiger charge is 2.48. The van der Waals surface area contributed by atoms with E-state index in [1.54, 1.807) is 6.92 Å². The fraction of sp³-hybridized carbons (Fsp3) is 0.565. The van der Waals surface area contributed by atoms with Crippen molar-refractivity contribution in [3.05, 3.63) is 52.8 Å². The summed E-state index contributed by atoms with van der Waals surface area (Å²) in [5.74, 6) is 1.25. The molecule has 5 rings (SSSR count). The first-order valence-electron chi connectivity index (χ1n) is 10.9. The highest BCUT2D eigenvalue weighted by molar-refractivity contribution is 5.85. The molecule has 1 aromatic heterocycles. The van der Waals surface area contributed by atoms with E-state index in [0.29, 0.717) is 11.8 Å². The molecule has 1 N–H and O–H groups in total. The van der Waals surface area contributed by atoms with E-state index in [0.717, 1.165) is 52.2 Å². The highest BCUT2D eigenvalue weighted by atomic mass is 35.5. The number of carbonyl (C=O) groups is 1. The van der Waals surface area contributed by atoms with Crippen molar-refractivity contribution in [2.45, 2.75) is 45.9 Å². The molecule has 6 nitrogen and oxygen atoms in total. The second-order valence-electron chi connectivity index (χ2n) is 8.97. The minimum Gasteiger partial charge on any atom is -0.335 e. The van der Waals surface area contributed by atoms with Crippen molar-refractivity contribution in [2.24, 2.45) is 11.8 Å². The third kappa shape index (κ3) is 4.63. The molecule has 4 heterocycles. The molecule has 0 bridgehead atoms. The number of halogens is 2. The lowest BCUT2D eigenvalue weighted by Gasteiger charge is -2.30. The third-order valence-corrected chi connectivity index (χ3v) is 6.98. The van der Waals surface area contributed by atoms with Crippen molar-refractivity contribution in [1.29, 1.82) is 0 Å². The summed E-state index contributed by atoms with van der Waals surface area (Å²) in [5, 5.41) is 8.35. The number of aromatic nitrogens is 2. The molecule has 2 aromatic rings. The second-order valence-corrected chi connectivity index (χ2v) is 8.97.